The number of rotatable bonds is 6. The van der Waals surface area contributed by atoms with Crippen LogP contribution in [0.25, 0.3) is 21.0 Å². The molecule has 2 fully saturated rings. The second-order valence-electron chi connectivity index (χ2n) is 9.73. The quantitative estimate of drug-likeness (QED) is 0.529. The van der Waals surface area contributed by atoms with Crippen LogP contribution in [0, 0.1) is 6.92 Å². The van der Waals surface area contributed by atoms with Crippen molar-refractivity contribution in [1.82, 2.24) is 9.80 Å². The van der Waals surface area contributed by atoms with Gasteiger partial charge in [-0.1, -0.05) is 24.6 Å². The number of hydrogen-bond acceptors (Lipinski definition) is 5. The number of phenols is 1. The Morgan fingerprint density at radius 1 is 1.06 bits per heavy atom. The first-order chi connectivity index (χ1) is 15.6. The first kappa shape index (κ1) is 21.9. The minimum Gasteiger partial charge on any atom is -0.507 e. The van der Waals surface area contributed by atoms with Crippen molar-refractivity contribution in [3.8, 4) is 5.75 Å². The molecule has 1 aliphatic heterocycles. The van der Waals surface area contributed by atoms with Crippen molar-refractivity contribution in [2.45, 2.75) is 58.0 Å². The molecule has 1 saturated heterocycles. The molecular formula is C26H37N4OS+. The van der Waals surface area contributed by atoms with Gasteiger partial charge in [-0.2, -0.15) is 0 Å². The molecule has 2 heterocycles. The number of aromatic hydroxyl groups is 1. The molecule has 0 spiro atoms. The SMILES string of the molecule is Cc1c(O)c2ccccc2c2c1sc(NC1CCCCC1)[n+]2CCCN1CCN(C)CC1. The number of benzene rings is 2. The van der Waals surface area contributed by atoms with Gasteiger partial charge in [0.25, 0.3) is 0 Å². The van der Waals surface area contributed by atoms with E-state index in [0.717, 1.165) is 35.8 Å². The van der Waals surface area contributed by atoms with E-state index in [1.807, 2.05) is 17.4 Å². The van der Waals surface area contributed by atoms with Gasteiger partial charge in [-0.15, -0.1) is 0 Å². The fourth-order valence-corrected chi connectivity index (χ4v) is 6.70. The Hall–Kier alpha value is -1.89. The number of fused-ring (bicyclic) bond motifs is 3. The van der Waals surface area contributed by atoms with E-state index in [-0.39, 0.29) is 0 Å². The van der Waals surface area contributed by atoms with Crippen molar-refractivity contribution in [2.75, 3.05) is 45.1 Å². The van der Waals surface area contributed by atoms with Crippen LogP contribution >= 0.6 is 11.3 Å². The molecule has 5 rings (SSSR count). The summed E-state index contributed by atoms with van der Waals surface area (Å²) in [5.41, 5.74) is 2.30. The van der Waals surface area contributed by atoms with Gasteiger partial charge in [0, 0.05) is 49.1 Å². The molecule has 32 heavy (non-hydrogen) atoms. The highest BCUT2D eigenvalue weighted by atomic mass is 32.1. The Labute approximate surface area is 195 Å². The summed E-state index contributed by atoms with van der Waals surface area (Å²) in [7, 11) is 2.22. The van der Waals surface area contributed by atoms with Crippen LogP contribution in [0.4, 0.5) is 5.13 Å². The lowest BCUT2D eigenvalue weighted by Crippen LogP contribution is -2.46. The topological polar surface area (TPSA) is 42.6 Å². The van der Waals surface area contributed by atoms with Gasteiger partial charge in [0.2, 0.25) is 0 Å². The highest BCUT2D eigenvalue weighted by molar-refractivity contribution is 7.22. The van der Waals surface area contributed by atoms with Gasteiger partial charge in [-0.05, 0) is 63.5 Å². The molecule has 1 saturated carbocycles. The summed E-state index contributed by atoms with van der Waals surface area (Å²) >= 11 is 1.83. The molecule has 1 aliphatic carbocycles. The fourth-order valence-electron chi connectivity index (χ4n) is 5.42. The zero-order valence-electron chi connectivity index (χ0n) is 19.6. The summed E-state index contributed by atoms with van der Waals surface area (Å²) < 4.78 is 3.75. The van der Waals surface area contributed by atoms with Gasteiger partial charge in [0.05, 0.1) is 17.3 Å². The number of likely N-dealkylation sites (N-methyl/N-ethyl adjacent to an activating group) is 1. The van der Waals surface area contributed by atoms with Gasteiger partial charge in [-0.3, -0.25) is 5.32 Å². The van der Waals surface area contributed by atoms with Crippen LogP contribution in [0.15, 0.2) is 24.3 Å². The van der Waals surface area contributed by atoms with E-state index >= 15 is 0 Å². The predicted octanol–water partition coefficient (Wildman–Crippen LogP) is 4.74. The molecular weight excluding hydrogens is 416 g/mol. The molecule has 0 unspecified atom stereocenters. The standard InChI is InChI=1S/C26H36N4OS/c1-19-24(31)22-12-7-6-11-21(22)23-25(19)32-26(27-20-9-4-3-5-10-20)30(23)14-8-13-29-17-15-28(2)16-18-29/h6-7,11-12,20,31H,3-5,8-10,13-18H2,1-2H3/p+1. The summed E-state index contributed by atoms with van der Waals surface area (Å²) in [6.45, 7) is 8.92. The molecule has 0 radical (unpaired) electrons. The average Bonchev–Trinajstić information content (AvgIpc) is 3.18. The lowest BCUT2D eigenvalue weighted by atomic mass is 9.96. The number of phenolic OH excluding ortho intramolecular Hbond substituents is 1. The van der Waals surface area contributed by atoms with Crippen LogP contribution in [0.5, 0.6) is 5.75 Å². The normalized spacial score (nSPS) is 19.2. The minimum absolute atomic E-state index is 0.433. The third kappa shape index (κ3) is 4.33. The number of nitrogens with one attached hydrogen (secondary N) is 1. The minimum atomic E-state index is 0.433. The van der Waals surface area contributed by atoms with Crippen LogP contribution in [-0.2, 0) is 6.54 Å². The van der Waals surface area contributed by atoms with E-state index in [2.05, 4.69) is 51.9 Å². The van der Waals surface area contributed by atoms with Crippen LogP contribution in [0.1, 0.15) is 44.1 Å². The second kappa shape index (κ2) is 9.54. The van der Waals surface area contributed by atoms with Gasteiger partial charge in [0.15, 0.2) is 5.52 Å². The molecule has 2 aliphatic rings. The molecule has 1 aromatic heterocycles. The third-order valence-corrected chi connectivity index (χ3v) is 8.68. The third-order valence-electron chi connectivity index (χ3n) is 7.45. The van der Waals surface area contributed by atoms with E-state index in [4.69, 9.17) is 0 Å². The van der Waals surface area contributed by atoms with Crippen molar-refractivity contribution in [1.29, 1.82) is 0 Å². The number of hydrogen-bond donors (Lipinski definition) is 2. The van der Waals surface area contributed by atoms with Crippen LogP contribution in [0.2, 0.25) is 0 Å². The number of aryl methyl sites for hydroxylation is 2. The van der Waals surface area contributed by atoms with E-state index in [1.54, 1.807) is 0 Å². The second-order valence-corrected chi connectivity index (χ2v) is 10.7. The molecule has 5 nitrogen and oxygen atoms in total. The van der Waals surface area contributed by atoms with E-state index in [1.165, 1.54) is 73.6 Å². The first-order valence-electron chi connectivity index (χ1n) is 12.4. The smallest absolute Gasteiger partial charge is 0.335 e. The number of piperazine rings is 1. The summed E-state index contributed by atoms with van der Waals surface area (Å²) in [4.78, 5) is 5.03. The molecule has 6 heteroatoms. The number of aromatic nitrogens is 1. The number of nitrogens with zero attached hydrogens (tertiary/aromatic N) is 3. The van der Waals surface area contributed by atoms with E-state index in [9.17, 15) is 5.11 Å². The molecule has 2 aromatic carbocycles. The van der Waals surface area contributed by atoms with Crippen molar-refractivity contribution in [2.24, 2.45) is 0 Å². The average molecular weight is 454 g/mol. The maximum atomic E-state index is 10.9. The van der Waals surface area contributed by atoms with Gasteiger partial charge in [0.1, 0.15) is 5.75 Å². The summed E-state index contributed by atoms with van der Waals surface area (Å²) in [6, 6.07) is 8.92. The maximum absolute atomic E-state index is 10.9. The molecule has 0 bridgehead atoms. The zero-order valence-corrected chi connectivity index (χ0v) is 20.4. The molecule has 172 valence electrons. The van der Waals surface area contributed by atoms with E-state index < -0.39 is 0 Å². The van der Waals surface area contributed by atoms with Gasteiger partial charge in [-0.25, -0.2) is 4.57 Å². The Bertz CT molecular complexity index is 1080. The van der Waals surface area contributed by atoms with Crippen LogP contribution < -0.4 is 9.88 Å². The lowest BCUT2D eigenvalue weighted by Gasteiger charge is -2.32. The number of anilines is 1. The zero-order chi connectivity index (χ0) is 22.1. The van der Waals surface area contributed by atoms with Crippen molar-refractivity contribution >= 4 is 37.5 Å². The monoisotopic (exact) mass is 453 g/mol. The van der Waals surface area contributed by atoms with E-state index in [0.29, 0.717) is 11.8 Å². The molecule has 2 N–H and O–H groups in total. The summed E-state index contributed by atoms with van der Waals surface area (Å²) in [6.07, 6.45) is 7.70. The molecule has 0 amide bonds. The highest BCUT2D eigenvalue weighted by Gasteiger charge is 2.27. The molecule has 3 aromatic rings. The fraction of sp³-hybridized carbons (Fsp3) is 0.577. The summed E-state index contributed by atoms with van der Waals surface area (Å²) in [5.74, 6) is 0.433. The summed E-state index contributed by atoms with van der Waals surface area (Å²) in [5, 5.41) is 18.2. The lowest BCUT2D eigenvalue weighted by molar-refractivity contribution is -0.653. The van der Waals surface area contributed by atoms with Crippen molar-refractivity contribution in [3.63, 3.8) is 0 Å². The van der Waals surface area contributed by atoms with Gasteiger partial charge < -0.3 is 14.9 Å². The van der Waals surface area contributed by atoms with Crippen molar-refractivity contribution < 1.29 is 9.67 Å². The van der Waals surface area contributed by atoms with Crippen LogP contribution in [-0.4, -0.2) is 60.7 Å². The Kier molecular flexibility index (Phi) is 6.54. The van der Waals surface area contributed by atoms with Crippen molar-refractivity contribution in [3.05, 3.63) is 29.8 Å². The van der Waals surface area contributed by atoms with Crippen LogP contribution in [0.3, 0.4) is 0 Å². The largest absolute Gasteiger partial charge is 0.507 e. The maximum Gasteiger partial charge on any atom is 0.335 e. The molecule has 0 atom stereocenters. The predicted molar refractivity (Wildman–Crippen MR) is 135 cm³/mol. The Balaban J connectivity index is 1.49. The Morgan fingerprint density at radius 3 is 2.53 bits per heavy atom. The first-order valence-corrected chi connectivity index (χ1v) is 13.2. The van der Waals surface area contributed by atoms with Gasteiger partial charge >= 0.3 is 5.13 Å². The highest BCUT2D eigenvalue weighted by Crippen LogP contribution is 2.40. The number of thiazole rings is 1. The Morgan fingerprint density at radius 2 is 1.78 bits per heavy atom.